The summed E-state index contributed by atoms with van der Waals surface area (Å²) in [6, 6.07) is 23.0. The number of hydrogen-bond donors (Lipinski definition) is 12. The lowest BCUT2D eigenvalue weighted by molar-refractivity contribution is -0.144. The minimum Gasteiger partial charge on any atom is -0.476 e. The van der Waals surface area contributed by atoms with Crippen LogP contribution in [-0.2, 0) is 43.2 Å². The maximum absolute atomic E-state index is 14.5. The third kappa shape index (κ3) is 27.6. The number of carboxylic acids is 1. The normalized spacial score (nSPS) is 18.9. The SMILES string of the molecule is CC(C)(CN)CN.CC[C@@H](C)C(=O)N[C@H](C(=O)N1CCC[C@H]1C(=O)Nc1sc(C(=O)O)nc1-c1ccccc1)C1CCCCC1.CN[C@@H](C)C(=O)C[C@H](C(=O)N1CCC[C@H]1C(=O)Nc1sc(C(=O)NCC(C)(C)CNC(=O)c2nc(-c3ccccc3)c(NC(=O)[C@@H]3CCCN3C(=O)[C@@H](NC(=O)[C@H](C)NC)C3CCCCC3)s2)nc1-c1ccccc1)C1CCCCC1.[2H]CF. The molecule has 0 radical (unpaired) electrons. The second-order valence-corrected chi connectivity index (χ2v) is 38.9. The van der Waals surface area contributed by atoms with Gasteiger partial charge in [0.2, 0.25) is 52.3 Å². The van der Waals surface area contributed by atoms with Crippen molar-refractivity contribution in [1.29, 1.82) is 0 Å². The largest absolute Gasteiger partial charge is 0.476 e. The summed E-state index contributed by atoms with van der Waals surface area (Å²) >= 11 is 2.97. The van der Waals surface area contributed by atoms with Crippen LogP contribution in [0.1, 0.15) is 234 Å². The molecule has 14 N–H and O–H groups in total. The number of nitrogens with zero attached hydrogens (tertiary/aromatic N) is 6. The number of carboxylic acid groups (broad SMARTS) is 1. The highest BCUT2D eigenvalue weighted by atomic mass is 32.1. The maximum Gasteiger partial charge on any atom is 0.365 e. The minimum atomic E-state index is -1.17. The Kier molecular flexibility index (Phi) is 38.6. The van der Waals surface area contributed by atoms with Crippen molar-refractivity contribution in [2.45, 2.75) is 245 Å². The van der Waals surface area contributed by atoms with Crippen molar-refractivity contribution in [1.82, 2.24) is 61.6 Å². The Morgan fingerprint density at radius 2 is 0.812 bits per heavy atom. The number of amides is 10. The number of likely N-dealkylation sites (N-methyl/N-ethyl adjacent to an activating group) is 2. The first-order valence-corrected chi connectivity index (χ1v) is 47.8. The molecule has 0 spiro atoms. The van der Waals surface area contributed by atoms with Crippen LogP contribution >= 0.6 is 34.0 Å². The number of aromatic carboxylic acids is 1. The Balaban J connectivity index is 0.000000322. The van der Waals surface area contributed by atoms with E-state index in [2.05, 4.69) is 52.8 Å². The van der Waals surface area contributed by atoms with Crippen LogP contribution in [0.3, 0.4) is 0 Å². The average molecular weight is 1830 g/mol. The number of carbonyl (C=O) groups is 12. The van der Waals surface area contributed by atoms with Crippen molar-refractivity contribution in [2.24, 2.45) is 51.9 Å². The minimum absolute atomic E-state index is 0.0175. The van der Waals surface area contributed by atoms with Crippen LogP contribution in [0.5, 0.6) is 0 Å². The number of halogens is 1. The molecular weight excluding hydrogens is 1690 g/mol. The van der Waals surface area contributed by atoms with Crippen molar-refractivity contribution in [3.63, 3.8) is 0 Å². The molecule has 12 rings (SSSR count). The molecule has 698 valence electrons. The molecule has 6 heterocycles. The Morgan fingerprint density at radius 1 is 0.477 bits per heavy atom. The predicted octanol–water partition coefficient (Wildman–Crippen LogP) is 12.5. The number of aromatic nitrogens is 3. The van der Waals surface area contributed by atoms with E-state index in [1.807, 2.05) is 120 Å². The van der Waals surface area contributed by atoms with Crippen LogP contribution < -0.4 is 59.3 Å². The number of alkyl halides is 1. The molecule has 10 amide bonds. The van der Waals surface area contributed by atoms with Gasteiger partial charge in [0.15, 0.2) is 10.0 Å². The highest BCUT2D eigenvalue weighted by Gasteiger charge is 2.46. The Bertz CT molecular complexity index is 4540. The summed E-state index contributed by atoms with van der Waals surface area (Å²) in [7, 11) is 2.43. The van der Waals surface area contributed by atoms with Gasteiger partial charge in [-0.15, -0.1) is 0 Å². The first-order chi connectivity index (χ1) is 61.8. The predicted molar refractivity (Wildman–Crippen MR) is 500 cm³/mol. The molecule has 128 heavy (non-hydrogen) atoms. The van der Waals surface area contributed by atoms with E-state index in [0.29, 0.717) is 126 Å². The van der Waals surface area contributed by atoms with Crippen LogP contribution in [-0.4, -0.2) is 215 Å². The van der Waals surface area contributed by atoms with Crippen LogP contribution in [0, 0.1) is 40.4 Å². The number of anilines is 3. The number of nitrogens with two attached hydrogens (primary N) is 2. The summed E-state index contributed by atoms with van der Waals surface area (Å²) in [5.41, 5.74) is 13.4. The number of Topliss-reactive ketones (excluding diaryl/α,β-unsaturated/α-hetero) is 1. The summed E-state index contributed by atoms with van der Waals surface area (Å²) in [6.45, 7) is 18.1. The summed E-state index contributed by atoms with van der Waals surface area (Å²) in [5.74, 6) is -4.89. The van der Waals surface area contributed by atoms with Gasteiger partial charge in [-0.3, -0.25) is 57.1 Å². The molecule has 9 atom stereocenters. The van der Waals surface area contributed by atoms with Crippen LogP contribution in [0.15, 0.2) is 91.0 Å². The smallest absolute Gasteiger partial charge is 0.365 e. The molecule has 34 heteroatoms. The molecule has 3 aromatic carbocycles. The van der Waals surface area contributed by atoms with Crippen molar-refractivity contribution >= 4 is 120 Å². The fraction of sp³-hybridized carbons (Fsp3) is 0.585. The fourth-order valence-corrected chi connectivity index (χ4v) is 19.7. The van der Waals surface area contributed by atoms with E-state index < -0.39 is 78.4 Å². The van der Waals surface area contributed by atoms with Gasteiger partial charge in [-0.25, -0.2) is 19.7 Å². The molecule has 0 bridgehead atoms. The molecule has 3 aliphatic carbocycles. The highest BCUT2D eigenvalue weighted by molar-refractivity contribution is 7.19. The number of carbonyl (C=O) groups excluding carboxylic acids is 11. The summed E-state index contributed by atoms with van der Waals surface area (Å²) < 4.78 is 15.5. The first kappa shape index (κ1) is 100. The lowest BCUT2D eigenvalue weighted by Gasteiger charge is -2.35. The molecular formula is C94H134FN17O13S3. The lowest BCUT2D eigenvalue weighted by Crippen LogP contribution is -2.57. The summed E-state index contributed by atoms with van der Waals surface area (Å²) in [5, 5.41) is 37.6. The van der Waals surface area contributed by atoms with Crippen molar-refractivity contribution < 1.29 is 68.4 Å². The number of likely N-dealkylation sites (tertiary alicyclic amines) is 3. The molecule has 0 unspecified atom stereocenters. The first-order valence-electron chi connectivity index (χ1n) is 46.1. The number of rotatable bonds is 34. The van der Waals surface area contributed by atoms with Gasteiger partial charge in [-0.1, -0.05) is 224 Å². The van der Waals surface area contributed by atoms with Gasteiger partial charge in [0.25, 0.3) is 11.8 Å². The third-order valence-corrected chi connectivity index (χ3v) is 28.4. The molecule has 3 aliphatic heterocycles. The number of thiazole rings is 3. The lowest BCUT2D eigenvalue weighted by atomic mass is 9.76. The van der Waals surface area contributed by atoms with Gasteiger partial charge < -0.3 is 79.1 Å². The van der Waals surface area contributed by atoms with E-state index in [9.17, 15) is 67.0 Å². The molecule has 3 aromatic heterocycles. The van der Waals surface area contributed by atoms with Gasteiger partial charge in [-0.2, -0.15) is 0 Å². The quantitative estimate of drug-likeness (QED) is 0.0178. The Hall–Kier alpha value is -9.84. The Morgan fingerprint density at radius 3 is 1.15 bits per heavy atom. The van der Waals surface area contributed by atoms with Crippen molar-refractivity contribution in [3.05, 3.63) is 106 Å². The second-order valence-electron chi connectivity index (χ2n) is 35.9. The molecule has 30 nitrogen and oxygen atoms in total. The van der Waals surface area contributed by atoms with E-state index in [-0.39, 0.29) is 117 Å². The zero-order valence-corrected chi connectivity index (χ0v) is 78.2. The van der Waals surface area contributed by atoms with Crippen molar-refractivity contribution in [2.75, 3.05) is 83.0 Å². The van der Waals surface area contributed by atoms with Crippen LogP contribution in [0.2, 0.25) is 0 Å². The topological polar surface area (TPSA) is 434 Å². The molecule has 6 aliphatic rings. The number of benzene rings is 3. The third-order valence-electron chi connectivity index (χ3n) is 25.5. The van der Waals surface area contributed by atoms with Gasteiger partial charge in [-0.05, 0) is 153 Å². The number of nitrogens with one attached hydrogen (secondary N) is 9. The zero-order chi connectivity index (χ0) is 93.7. The van der Waals surface area contributed by atoms with E-state index in [0.717, 1.165) is 130 Å². The van der Waals surface area contributed by atoms with E-state index in [1.54, 1.807) is 54.8 Å². The van der Waals surface area contributed by atoms with Crippen LogP contribution in [0.25, 0.3) is 33.8 Å². The highest BCUT2D eigenvalue weighted by Crippen LogP contribution is 2.41. The van der Waals surface area contributed by atoms with E-state index in [4.69, 9.17) is 22.8 Å². The molecule has 3 saturated heterocycles. The van der Waals surface area contributed by atoms with Crippen molar-refractivity contribution in [3.8, 4) is 33.8 Å². The number of ketones is 1. The second kappa shape index (κ2) is 49.3. The average Bonchev–Trinajstić information content (AvgIpc) is 1.76. The van der Waals surface area contributed by atoms with Crippen LogP contribution in [0.4, 0.5) is 19.4 Å². The van der Waals surface area contributed by atoms with Gasteiger partial charge >= 0.3 is 5.97 Å². The molecule has 6 aromatic rings. The standard InChI is InChI=1S/C60H81N11O8S2.C28H36N4O5S.C5H14N2.CH3F/c1-36(61-5)45(72)33-42(38-21-11-7-12-22-38)58(78)70-31-19-29-43(70)50(74)68-54-46(39-23-13-8-14-24-39)66-56(80-54)52(76)63-34-60(3,4)35-64-53(77)57-67-47(40-25-15-9-16-26-40)55(81-57)69-51(75)44-30-20-32-71(44)59(79)48(41-27-17-10-18-28-41)65-49(73)37(2)62-6;1-3-17(2)23(33)29-22(19-13-8-5-9-14-19)27(35)32-16-10-15-20(32)24(34)31-25-21(18-11-6-4-7-12-18)30-26(38-25)28(36)37;1-5(2,3-6)4-7;1-2/h8-9,13-16,23-26,36-38,41-44,48,61-62H,7,10-12,17-22,27-35H2,1-6H3,(H,63,76)(H,64,77)(H,65,73)(H,68,74)(H,69,75);4,6-7,11-12,17,19-20,22H,3,5,8-10,13-16H2,1-2H3,(H,29,33)(H,31,34)(H,36,37);3-4,6-7H2,1-2H3;1H3/t36-,37-,42-,43-,44-,48-;17-,20+,22+;;/m01../s1/i;;;1D. The van der Waals surface area contributed by atoms with E-state index >= 15 is 0 Å². The summed E-state index contributed by atoms with van der Waals surface area (Å²) in [4.78, 5) is 182. The van der Waals surface area contributed by atoms with Gasteiger partial charge in [0.1, 0.15) is 68.1 Å². The molecule has 3 saturated carbocycles. The van der Waals surface area contributed by atoms with Gasteiger partial charge in [0, 0.05) is 67.7 Å². The fourth-order valence-electron chi connectivity index (χ4n) is 17.0. The zero-order valence-electron chi connectivity index (χ0n) is 76.8. The van der Waals surface area contributed by atoms with Gasteiger partial charge in [0.05, 0.1) is 20.6 Å². The van der Waals surface area contributed by atoms with E-state index in [1.165, 1.54) is 0 Å². The number of hydrogen-bond acceptors (Lipinski definition) is 22. The maximum atomic E-state index is 14.5. The Labute approximate surface area is 765 Å². The molecule has 6 fully saturated rings. The summed E-state index contributed by atoms with van der Waals surface area (Å²) in [6.07, 6.45) is 18.6. The monoisotopic (exact) mass is 1820 g/mol.